The number of aromatic nitrogens is 2. The van der Waals surface area contributed by atoms with E-state index in [1.54, 1.807) is 20.0 Å². The predicted molar refractivity (Wildman–Crippen MR) is 101 cm³/mol. The lowest BCUT2D eigenvalue weighted by Gasteiger charge is -2.14. The van der Waals surface area contributed by atoms with Gasteiger partial charge in [0.1, 0.15) is 5.75 Å². The molecule has 1 heterocycles. The Kier molecular flexibility index (Phi) is 6.19. The van der Waals surface area contributed by atoms with E-state index >= 15 is 0 Å². The molecule has 2 aromatic carbocycles. The molecule has 0 unspecified atom stereocenters. The summed E-state index contributed by atoms with van der Waals surface area (Å²) in [4.78, 5) is 0. The van der Waals surface area contributed by atoms with Crippen LogP contribution in [0, 0.1) is 13.8 Å². The second-order valence-electron chi connectivity index (χ2n) is 6.51. The van der Waals surface area contributed by atoms with Gasteiger partial charge in [0, 0.05) is 25.5 Å². The predicted octanol–water partition coefficient (Wildman–Crippen LogP) is 4.44. The minimum absolute atomic E-state index is 0.262. The van der Waals surface area contributed by atoms with Crippen LogP contribution in [-0.4, -0.2) is 16.4 Å². The second kappa shape index (κ2) is 8.77. The standard InChI is InChI=1S/C21H23F2N3O/c1-15-10-17(11-16(2)20(15)27-21(22)23)12-24-13-18-6-3-4-7-19(18)14-26-9-5-8-25-26/h3-11,21,24H,12-14H2,1-2H3. The van der Waals surface area contributed by atoms with Gasteiger partial charge in [-0.2, -0.15) is 13.9 Å². The van der Waals surface area contributed by atoms with Crippen LogP contribution in [0.2, 0.25) is 0 Å². The van der Waals surface area contributed by atoms with Crippen LogP contribution in [0.1, 0.15) is 27.8 Å². The lowest BCUT2D eigenvalue weighted by molar-refractivity contribution is -0.0507. The second-order valence-corrected chi connectivity index (χ2v) is 6.51. The van der Waals surface area contributed by atoms with Gasteiger partial charge in [-0.1, -0.05) is 36.4 Å². The summed E-state index contributed by atoms with van der Waals surface area (Å²) in [6.07, 6.45) is 3.71. The fourth-order valence-corrected chi connectivity index (χ4v) is 3.21. The number of alkyl halides is 2. The highest BCUT2D eigenvalue weighted by Crippen LogP contribution is 2.26. The van der Waals surface area contributed by atoms with Crippen LogP contribution in [0.5, 0.6) is 5.75 Å². The average molecular weight is 371 g/mol. The molecule has 0 amide bonds. The number of aryl methyl sites for hydroxylation is 2. The van der Waals surface area contributed by atoms with Crippen molar-refractivity contribution >= 4 is 0 Å². The molecule has 27 heavy (non-hydrogen) atoms. The highest BCUT2D eigenvalue weighted by atomic mass is 19.3. The van der Waals surface area contributed by atoms with Gasteiger partial charge in [0.15, 0.2) is 0 Å². The molecule has 0 atom stereocenters. The number of benzene rings is 2. The van der Waals surface area contributed by atoms with Crippen LogP contribution in [0.25, 0.3) is 0 Å². The number of ether oxygens (including phenoxy) is 1. The molecule has 0 spiro atoms. The summed E-state index contributed by atoms with van der Waals surface area (Å²) in [6.45, 7) is 2.85. The molecule has 0 aliphatic rings. The van der Waals surface area contributed by atoms with Crippen LogP contribution in [-0.2, 0) is 19.6 Å². The Morgan fingerprint density at radius 2 is 1.74 bits per heavy atom. The molecular weight excluding hydrogens is 348 g/mol. The molecule has 1 aromatic heterocycles. The monoisotopic (exact) mass is 371 g/mol. The summed E-state index contributed by atoms with van der Waals surface area (Å²) < 4.78 is 31.5. The van der Waals surface area contributed by atoms with Gasteiger partial charge < -0.3 is 10.1 Å². The molecule has 0 fully saturated rings. The van der Waals surface area contributed by atoms with Gasteiger partial charge in [0.2, 0.25) is 0 Å². The van der Waals surface area contributed by atoms with Gasteiger partial charge in [0.05, 0.1) is 6.54 Å². The molecule has 0 aliphatic carbocycles. The van der Waals surface area contributed by atoms with Crippen molar-refractivity contribution in [2.75, 3.05) is 0 Å². The maximum Gasteiger partial charge on any atom is 0.387 e. The Morgan fingerprint density at radius 3 is 2.37 bits per heavy atom. The first kappa shape index (κ1) is 19.0. The minimum Gasteiger partial charge on any atom is -0.434 e. The summed E-state index contributed by atoms with van der Waals surface area (Å²) in [6, 6.07) is 13.9. The quantitative estimate of drug-likeness (QED) is 0.636. The highest BCUT2D eigenvalue weighted by molar-refractivity contribution is 5.43. The fraction of sp³-hybridized carbons (Fsp3) is 0.286. The molecule has 0 radical (unpaired) electrons. The summed E-state index contributed by atoms with van der Waals surface area (Å²) in [5.74, 6) is 0.262. The van der Waals surface area contributed by atoms with Gasteiger partial charge in [-0.15, -0.1) is 0 Å². The van der Waals surface area contributed by atoms with E-state index in [0.29, 0.717) is 24.2 Å². The van der Waals surface area contributed by atoms with E-state index < -0.39 is 6.61 Å². The van der Waals surface area contributed by atoms with Crippen LogP contribution in [0.15, 0.2) is 54.9 Å². The third kappa shape index (κ3) is 5.14. The van der Waals surface area contributed by atoms with Crippen molar-refractivity contribution in [2.24, 2.45) is 0 Å². The van der Waals surface area contributed by atoms with Gasteiger partial charge in [0.25, 0.3) is 0 Å². The zero-order valence-corrected chi connectivity index (χ0v) is 15.5. The molecular formula is C21H23F2N3O. The van der Waals surface area contributed by atoms with Crippen molar-refractivity contribution in [3.05, 3.63) is 82.7 Å². The Hall–Kier alpha value is -2.73. The Morgan fingerprint density at radius 1 is 1.04 bits per heavy atom. The van der Waals surface area contributed by atoms with Crippen molar-refractivity contribution in [1.29, 1.82) is 0 Å². The third-order valence-electron chi connectivity index (χ3n) is 4.38. The average Bonchev–Trinajstić information content (AvgIpc) is 3.12. The normalized spacial score (nSPS) is 11.1. The minimum atomic E-state index is -2.81. The number of nitrogens with zero attached hydrogens (tertiary/aromatic N) is 2. The maximum absolute atomic E-state index is 12.5. The van der Waals surface area contributed by atoms with E-state index in [-0.39, 0.29) is 5.75 Å². The number of nitrogens with one attached hydrogen (secondary N) is 1. The van der Waals surface area contributed by atoms with E-state index in [1.807, 2.05) is 41.2 Å². The molecule has 6 heteroatoms. The van der Waals surface area contributed by atoms with Gasteiger partial charge >= 0.3 is 6.61 Å². The van der Waals surface area contributed by atoms with Crippen molar-refractivity contribution in [3.8, 4) is 5.75 Å². The highest BCUT2D eigenvalue weighted by Gasteiger charge is 2.11. The first-order chi connectivity index (χ1) is 13.0. The number of hydrogen-bond acceptors (Lipinski definition) is 3. The van der Waals surface area contributed by atoms with Gasteiger partial charge in [-0.3, -0.25) is 4.68 Å². The van der Waals surface area contributed by atoms with Crippen molar-refractivity contribution in [2.45, 2.75) is 40.1 Å². The molecule has 3 aromatic rings. The largest absolute Gasteiger partial charge is 0.434 e. The molecule has 142 valence electrons. The number of hydrogen-bond donors (Lipinski definition) is 1. The van der Waals surface area contributed by atoms with E-state index in [2.05, 4.69) is 27.3 Å². The SMILES string of the molecule is Cc1cc(CNCc2ccccc2Cn2cccn2)cc(C)c1OC(F)F. The molecule has 1 N–H and O–H groups in total. The van der Waals surface area contributed by atoms with Crippen LogP contribution in [0.3, 0.4) is 0 Å². The molecule has 0 aliphatic heterocycles. The summed E-state index contributed by atoms with van der Waals surface area (Å²) >= 11 is 0. The van der Waals surface area contributed by atoms with E-state index in [9.17, 15) is 8.78 Å². The number of rotatable bonds is 8. The molecule has 0 saturated carbocycles. The lowest BCUT2D eigenvalue weighted by atomic mass is 10.0. The van der Waals surface area contributed by atoms with Gasteiger partial charge in [-0.05, 0) is 47.7 Å². The van der Waals surface area contributed by atoms with Crippen LogP contribution < -0.4 is 10.1 Å². The van der Waals surface area contributed by atoms with Crippen molar-refractivity contribution < 1.29 is 13.5 Å². The Bertz CT molecular complexity index is 856. The summed E-state index contributed by atoms with van der Waals surface area (Å²) in [5.41, 5.74) is 4.88. The fourth-order valence-electron chi connectivity index (χ4n) is 3.21. The van der Waals surface area contributed by atoms with Crippen LogP contribution in [0.4, 0.5) is 8.78 Å². The van der Waals surface area contributed by atoms with E-state index in [1.165, 1.54) is 11.1 Å². The smallest absolute Gasteiger partial charge is 0.387 e. The zero-order valence-electron chi connectivity index (χ0n) is 15.5. The molecule has 4 nitrogen and oxygen atoms in total. The first-order valence-electron chi connectivity index (χ1n) is 8.83. The third-order valence-corrected chi connectivity index (χ3v) is 4.38. The van der Waals surface area contributed by atoms with Gasteiger partial charge in [-0.25, -0.2) is 0 Å². The van der Waals surface area contributed by atoms with Crippen molar-refractivity contribution in [1.82, 2.24) is 15.1 Å². The van der Waals surface area contributed by atoms with E-state index in [4.69, 9.17) is 0 Å². The summed E-state index contributed by atoms with van der Waals surface area (Å²) in [7, 11) is 0. The zero-order chi connectivity index (χ0) is 19.2. The van der Waals surface area contributed by atoms with Crippen LogP contribution >= 0.6 is 0 Å². The Balaban J connectivity index is 1.63. The van der Waals surface area contributed by atoms with E-state index in [0.717, 1.165) is 12.1 Å². The van der Waals surface area contributed by atoms with Crippen molar-refractivity contribution in [3.63, 3.8) is 0 Å². The summed E-state index contributed by atoms with van der Waals surface area (Å²) in [5, 5.41) is 7.69. The lowest BCUT2D eigenvalue weighted by Crippen LogP contribution is -2.15. The molecule has 0 saturated heterocycles. The molecule has 3 rings (SSSR count). The number of halogens is 2. The first-order valence-corrected chi connectivity index (χ1v) is 8.83. The maximum atomic E-state index is 12.5. The Labute approximate surface area is 157 Å². The molecule has 0 bridgehead atoms. The topological polar surface area (TPSA) is 39.1 Å².